The zero-order valence-corrected chi connectivity index (χ0v) is 19.3. The van der Waals surface area contributed by atoms with Gasteiger partial charge in [-0.15, -0.1) is 11.3 Å². The molecule has 0 amide bonds. The zero-order valence-electron chi connectivity index (χ0n) is 17.7. The molecule has 1 fully saturated rings. The van der Waals surface area contributed by atoms with E-state index in [1.165, 1.54) is 5.56 Å². The van der Waals surface area contributed by atoms with Crippen LogP contribution in [0.3, 0.4) is 0 Å². The van der Waals surface area contributed by atoms with Crippen molar-refractivity contribution in [1.82, 2.24) is 30.2 Å². The molecular weight excluding hydrogens is 448 g/mol. The molecule has 10 nitrogen and oxygen atoms in total. The first-order valence-electron chi connectivity index (χ1n) is 10.5. The molecule has 12 heteroatoms. The van der Waals surface area contributed by atoms with E-state index in [4.69, 9.17) is 9.97 Å². The number of nitrogens with one attached hydrogen (secondary N) is 2. The van der Waals surface area contributed by atoms with Crippen molar-refractivity contribution in [2.45, 2.75) is 26.4 Å². The van der Waals surface area contributed by atoms with E-state index < -0.39 is 5.97 Å². The SMILES string of the molecule is Cc1nc(Nc2nc3c(c(N4CCNCC4)n2)CCN(Cc2nccs2)C3)sc1C(=O)O. The molecule has 3 aromatic heterocycles. The number of piperazine rings is 1. The summed E-state index contributed by atoms with van der Waals surface area (Å²) in [5.74, 6) is 0.456. The largest absolute Gasteiger partial charge is 0.477 e. The van der Waals surface area contributed by atoms with Gasteiger partial charge in [0.05, 0.1) is 17.9 Å². The van der Waals surface area contributed by atoms with E-state index in [1.54, 1.807) is 18.3 Å². The molecule has 0 aromatic carbocycles. The molecule has 5 rings (SSSR count). The van der Waals surface area contributed by atoms with E-state index in [2.05, 4.69) is 30.4 Å². The predicted octanol–water partition coefficient (Wildman–Crippen LogP) is 2.11. The summed E-state index contributed by atoms with van der Waals surface area (Å²) in [5, 5.41) is 19.5. The zero-order chi connectivity index (χ0) is 22.1. The van der Waals surface area contributed by atoms with Gasteiger partial charge in [0.15, 0.2) is 5.13 Å². The summed E-state index contributed by atoms with van der Waals surface area (Å²) >= 11 is 2.77. The molecule has 0 spiro atoms. The van der Waals surface area contributed by atoms with Crippen LogP contribution in [0.4, 0.5) is 16.9 Å². The summed E-state index contributed by atoms with van der Waals surface area (Å²) in [7, 11) is 0. The third-order valence-electron chi connectivity index (χ3n) is 5.59. The van der Waals surface area contributed by atoms with Gasteiger partial charge in [-0.1, -0.05) is 11.3 Å². The number of hydrogen-bond acceptors (Lipinski definition) is 11. The van der Waals surface area contributed by atoms with E-state index in [0.717, 1.165) is 80.1 Å². The van der Waals surface area contributed by atoms with Crippen LogP contribution in [0.1, 0.15) is 31.6 Å². The van der Waals surface area contributed by atoms with Gasteiger partial charge in [-0.05, 0) is 13.3 Å². The average Bonchev–Trinajstić information content (AvgIpc) is 3.43. The molecule has 0 unspecified atom stereocenters. The fourth-order valence-electron chi connectivity index (χ4n) is 4.06. The third-order valence-corrected chi connectivity index (χ3v) is 7.42. The maximum absolute atomic E-state index is 11.4. The van der Waals surface area contributed by atoms with Crippen LogP contribution in [0.25, 0.3) is 0 Å². The molecule has 0 radical (unpaired) electrons. The second-order valence-corrected chi connectivity index (χ2v) is 9.76. The predicted molar refractivity (Wildman–Crippen MR) is 124 cm³/mol. The Bertz CT molecular complexity index is 1110. The van der Waals surface area contributed by atoms with Crippen LogP contribution in [0, 0.1) is 6.92 Å². The van der Waals surface area contributed by atoms with Crippen LogP contribution < -0.4 is 15.5 Å². The Morgan fingerprint density at radius 1 is 1.25 bits per heavy atom. The number of hydrogen-bond donors (Lipinski definition) is 3. The number of carboxylic acid groups (broad SMARTS) is 1. The topological polar surface area (TPSA) is 119 Å². The van der Waals surface area contributed by atoms with Gasteiger partial charge in [-0.2, -0.15) is 4.98 Å². The minimum absolute atomic E-state index is 0.224. The summed E-state index contributed by atoms with van der Waals surface area (Å²) < 4.78 is 0. The van der Waals surface area contributed by atoms with Gasteiger partial charge in [0, 0.05) is 56.4 Å². The van der Waals surface area contributed by atoms with E-state index >= 15 is 0 Å². The van der Waals surface area contributed by atoms with Gasteiger partial charge < -0.3 is 15.3 Å². The standard InChI is InChI=1S/C20H24N8O2S2/c1-12-16(18(29)30)32-20(23-12)26-19-24-14-10-27(11-15-22-5-9-31-15)6-2-13(14)17(25-19)28-7-3-21-4-8-28/h5,9,21H,2-4,6-8,10-11H2,1H3,(H,29,30)(H,23,24,25,26). The highest BCUT2D eigenvalue weighted by Crippen LogP contribution is 2.31. The number of carboxylic acids is 1. The Labute approximate surface area is 193 Å². The number of carbonyl (C=O) groups is 1. The number of fused-ring (bicyclic) bond motifs is 1. The highest BCUT2D eigenvalue weighted by molar-refractivity contribution is 7.17. The minimum atomic E-state index is -0.973. The Balaban J connectivity index is 1.45. The van der Waals surface area contributed by atoms with Gasteiger partial charge in [0.1, 0.15) is 15.7 Å². The number of thiazole rings is 2. The quantitative estimate of drug-likeness (QED) is 0.492. The normalized spacial score (nSPS) is 16.7. The van der Waals surface area contributed by atoms with Crippen molar-refractivity contribution in [2.75, 3.05) is 42.9 Å². The molecule has 3 N–H and O–H groups in total. The summed E-state index contributed by atoms with van der Waals surface area (Å²) in [5.41, 5.74) is 2.69. The van der Waals surface area contributed by atoms with E-state index in [-0.39, 0.29) is 4.88 Å². The minimum Gasteiger partial charge on any atom is -0.477 e. The number of rotatable bonds is 6. The first-order valence-corrected chi connectivity index (χ1v) is 12.2. The highest BCUT2D eigenvalue weighted by Gasteiger charge is 2.26. The summed E-state index contributed by atoms with van der Waals surface area (Å²) in [6.45, 7) is 7.80. The molecule has 3 aromatic rings. The van der Waals surface area contributed by atoms with Crippen LogP contribution in [0.5, 0.6) is 0 Å². The van der Waals surface area contributed by atoms with Crippen molar-refractivity contribution in [3.8, 4) is 0 Å². The smallest absolute Gasteiger partial charge is 0.347 e. The molecule has 1 saturated heterocycles. The van der Waals surface area contributed by atoms with Gasteiger partial charge in [0.2, 0.25) is 5.95 Å². The lowest BCUT2D eigenvalue weighted by Crippen LogP contribution is -2.45. The number of aryl methyl sites for hydroxylation is 1. The van der Waals surface area contributed by atoms with Crippen molar-refractivity contribution in [2.24, 2.45) is 0 Å². The van der Waals surface area contributed by atoms with E-state index in [1.807, 2.05) is 11.6 Å². The Morgan fingerprint density at radius 2 is 2.09 bits per heavy atom. The van der Waals surface area contributed by atoms with E-state index in [9.17, 15) is 9.90 Å². The maximum Gasteiger partial charge on any atom is 0.347 e. The number of aromatic nitrogens is 4. The van der Waals surface area contributed by atoms with Gasteiger partial charge in [0.25, 0.3) is 0 Å². The monoisotopic (exact) mass is 472 g/mol. The highest BCUT2D eigenvalue weighted by atomic mass is 32.1. The van der Waals surface area contributed by atoms with Crippen molar-refractivity contribution in [3.63, 3.8) is 0 Å². The lowest BCUT2D eigenvalue weighted by molar-refractivity contribution is 0.0701. The Hall–Kier alpha value is -2.67. The number of anilines is 3. The van der Waals surface area contributed by atoms with Crippen molar-refractivity contribution in [1.29, 1.82) is 0 Å². The fraction of sp³-hybridized carbons (Fsp3) is 0.450. The molecule has 32 heavy (non-hydrogen) atoms. The lowest BCUT2D eigenvalue weighted by Gasteiger charge is -2.34. The van der Waals surface area contributed by atoms with Crippen LogP contribution in [-0.4, -0.2) is 68.6 Å². The molecule has 0 bridgehead atoms. The van der Waals surface area contributed by atoms with Crippen molar-refractivity contribution in [3.05, 3.63) is 38.4 Å². The molecule has 2 aliphatic heterocycles. The average molecular weight is 473 g/mol. The van der Waals surface area contributed by atoms with Gasteiger partial charge in [-0.25, -0.2) is 19.7 Å². The van der Waals surface area contributed by atoms with Gasteiger partial charge >= 0.3 is 5.97 Å². The second-order valence-electron chi connectivity index (χ2n) is 7.78. The van der Waals surface area contributed by atoms with Crippen LogP contribution in [-0.2, 0) is 19.5 Å². The van der Waals surface area contributed by atoms with Crippen LogP contribution in [0.2, 0.25) is 0 Å². The molecule has 168 valence electrons. The molecule has 0 atom stereocenters. The van der Waals surface area contributed by atoms with Gasteiger partial charge in [-0.3, -0.25) is 10.2 Å². The Kier molecular flexibility index (Phi) is 6.00. The molecular formula is C20H24N8O2S2. The van der Waals surface area contributed by atoms with Crippen molar-refractivity contribution < 1.29 is 9.90 Å². The summed E-state index contributed by atoms with van der Waals surface area (Å²) in [6, 6.07) is 0. The van der Waals surface area contributed by atoms with Crippen LogP contribution >= 0.6 is 22.7 Å². The molecule has 2 aliphatic rings. The second kappa shape index (κ2) is 9.06. The van der Waals surface area contributed by atoms with Crippen molar-refractivity contribution >= 4 is 45.5 Å². The number of nitrogens with zero attached hydrogens (tertiary/aromatic N) is 6. The molecule has 0 saturated carbocycles. The first kappa shape index (κ1) is 21.2. The van der Waals surface area contributed by atoms with Crippen LogP contribution in [0.15, 0.2) is 11.6 Å². The summed E-state index contributed by atoms with van der Waals surface area (Å²) in [4.78, 5) is 34.7. The Morgan fingerprint density at radius 3 is 2.81 bits per heavy atom. The molecule has 5 heterocycles. The number of aromatic carboxylic acids is 1. The third kappa shape index (κ3) is 4.44. The molecule has 0 aliphatic carbocycles. The van der Waals surface area contributed by atoms with E-state index in [0.29, 0.717) is 16.8 Å². The fourth-order valence-corrected chi connectivity index (χ4v) is 5.52. The summed E-state index contributed by atoms with van der Waals surface area (Å²) in [6.07, 6.45) is 2.73. The maximum atomic E-state index is 11.4. The lowest BCUT2D eigenvalue weighted by atomic mass is 10.0. The first-order chi connectivity index (χ1) is 15.6.